The largest absolute Gasteiger partial charge is 0.482 e. The Bertz CT molecular complexity index is 902. The van der Waals surface area contributed by atoms with Crippen molar-refractivity contribution in [3.63, 3.8) is 0 Å². The first kappa shape index (κ1) is 18.3. The summed E-state index contributed by atoms with van der Waals surface area (Å²) in [6, 6.07) is 18.6. The van der Waals surface area contributed by atoms with E-state index >= 15 is 0 Å². The summed E-state index contributed by atoms with van der Waals surface area (Å²) in [5.74, 6) is -0.115. The Balaban J connectivity index is 1.56. The van der Waals surface area contributed by atoms with Gasteiger partial charge in [-0.05, 0) is 42.0 Å². The molecule has 0 atom stereocenters. The van der Waals surface area contributed by atoms with E-state index in [1.54, 1.807) is 24.3 Å². The van der Waals surface area contributed by atoms with Gasteiger partial charge in [0.05, 0.1) is 13.5 Å². The maximum absolute atomic E-state index is 12.3. The van der Waals surface area contributed by atoms with Crippen molar-refractivity contribution in [3.8, 4) is 11.4 Å². The van der Waals surface area contributed by atoms with Crippen LogP contribution in [0.5, 0.6) is 5.75 Å². The Morgan fingerprint density at radius 1 is 1.00 bits per heavy atom. The van der Waals surface area contributed by atoms with E-state index in [4.69, 9.17) is 4.74 Å². The summed E-state index contributed by atoms with van der Waals surface area (Å²) < 4.78 is 11.9. The first-order chi connectivity index (χ1) is 13.1. The standard InChI is InChI=1S/C21H20N2O4/c1-26-21(25)15-27-19-6-4-5-17(14-19)22-20(24)13-16-7-9-18(10-8-16)23-11-2-3-12-23/h2-12,14H,13,15H2,1H3,(H,22,24). The van der Waals surface area contributed by atoms with Gasteiger partial charge in [0.25, 0.3) is 0 Å². The molecule has 3 rings (SSSR count). The highest BCUT2D eigenvalue weighted by Gasteiger charge is 2.07. The molecule has 0 aliphatic carbocycles. The lowest BCUT2D eigenvalue weighted by molar-refractivity contribution is -0.142. The predicted octanol–water partition coefficient (Wildman–Crippen LogP) is 3.21. The summed E-state index contributed by atoms with van der Waals surface area (Å²) in [6.45, 7) is -0.179. The zero-order valence-electron chi connectivity index (χ0n) is 14.9. The number of nitrogens with zero attached hydrogens (tertiary/aromatic N) is 1. The van der Waals surface area contributed by atoms with Crippen LogP contribution in [0.1, 0.15) is 5.56 Å². The fourth-order valence-electron chi connectivity index (χ4n) is 2.55. The van der Waals surface area contributed by atoms with Crippen molar-refractivity contribution in [1.29, 1.82) is 0 Å². The summed E-state index contributed by atoms with van der Waals surface area (Å²) in [6.07, 6.45) is 4.20. The maximum atomic E-state index is 12.3. The zero-order valence-corrected chi connectivity index (χ0v) is 14.9. The average molecular weight is 364 g/mol. The van der Waals surface area contributed by atoms with Gasteiger partial charge in [-0.1, -0.05) is 18.2 Å². The lowest BCUT2D eigenvalue weighted by Crippen LogP contribution is -2.15. The number of anilines is 1. The molecule has 2 aromatic carbocycles. The third-order valence-electron chi connectivity index (χ3n) is 3.91. The molecule has 3 aromatic rings. The van der Waals surface area contributed by atoms with Crippen molar-refractivity contribution in [1.82, 2.24) is 4.57 Å². The van der Waals surface area contributed by atoms with E-state index in [0.29, 0.717) is 11.4 Å². The second-order valence-electron chi connectivity index (χ2n) is 5.87. The number of ether oxygens (including phenoxy) is 2. The Morgan fingerprint density at radius 3 is 2.44 bits per heavy atom. The van der Waals surface area contributed by atoms with Crippen LogP contribution in [0.25, 0.3) is 5.69 Å². The molecule has 0 unspecified atom stereocenters. The number of rotatable bonds is 7. The van der Waals surface area contributed by atoms with Gasteiger partial charge in [-0.3, -0.25) is 4.79 Å². The highest BCUT2D eigenvalue weighted by molar-refractivity contribution is 5.92. The van der Waals surface area contributed by atoms with E-state index in [9.17, 15) is 9.59 Å². The van der Waals surface area contributed by atoms with Crippen molar-refractivity contribution < 1.29 is 19.1 Å². The predicted molar refractivity (Wildman–Crippen MR) is 102 cm³/mol. The molecule has 0 spiro atoms. The van der Waals surface area contributed by atoms with Crippen LogP contribution in [-0.4, -0.2) is 30.2 Å². The number of esters is 1. The Labute approximate surface area is 157 Å². The Morgan fingerprint density at radius 2 is 1.74 bits per heavy atom. The van der Waals surface area contributed by atoms with E-state index in [1.165, 1.54) is 7.11 Å². The second-order valence-corrected chi connectivity index (χ2v) is 5.87. The van der Waals surface area contributed by atoms with E-state index < -0.39 is 5.97 Å². The number of hydrogen-bond acceptors (Lipinski definition) is 4. The zero-order chi connectivity index (χ0) is 19.1. The molecule has 0 saturated carbocycles. The first-order valence-corrected chi connectivity index (χ1v) is 8.46. The number of amides is 1. The molecule has 138 valence electrons. The maximum Gasteiger partial charge on any atom is 0.343 e. The molecular formula is C21H20N2O4. The lowest BCUT2D eigenvalue weighted by Gasteiger charge is -2.09. The molecule has 0 aliphatic heterocycles. The molecule has 0 aliphatic rings. The number of methoxy groups -OCH3 is 1. The molecule has 6 nitrogen and oxygen atoms in total. The van der Waals surface area contributed by atoms with Crippen molar-refractivity contribution in [2.75, 3.05) is 19.0 Å². The van der Waals surface area contributed by atoms with Crippen LogP contribution in [0.2, 0.25) is 0 Å². The quantitative estimate of drug-likeness (QED) is 0.654. The summed E-state index contributed by atoms with van der Waals surface area (Å²) in [5.41, 5.74) is 2.56. The van der Waals surface area contributed by atoms with Crippen LogP contribution < -0.4 is 10.1 Å². The van der Waals surface area contributed by atoms with Gasteiger partial charge in [0.1, 0.15) is 5.75 Å². The fraction of sp³-hybridized carbons (Fsp3) is 0.143. The van der Waals surface area contributed by atoms with Gasteiger partial charge in [-0.15, -0.1) is 0 Å². The minimum absolute atomic E-state index is 0.131. The molecule has 1 amide bonds. The monoisotopic (exact) mass is 364 g/mol. The second kappa shape index (κ2) is 8.71. The van der Waals surface area contributed by atoms with E-state index in [-0.39, 0.29) is 18.9 Å². The Kier molecular flexibility index (Phi) is 5.89. The van der Waals surface area contributed by atoms with Gasteiger partial charge in [-0.25, -0.2) is 4.79 Å². The summed E-state index contributed by atoms with van der Waals surface area (Å²) in [4.78, 5) is 23.4. The van der Waals surface area contributed by atoms with E-state index in [1.807, 2.05) is 53.4 Å². The number of carbonyl (C=O) groups is 2. The topological polar surface area (TPSA) is 69.6 Å². The van der Waals surface area contributed by atoms with Gasteiger partial charge in [0.2, 0.25) is 5.91 Å². The summed E-state index contributed by atoms with van der Waals surface area (Å²) >= 11 is 0. The normalized spacial score (nSPS) is 10.3. The fourth-order valence-corrected chi connectivity index (χ4v) is 2.55. The molecule has 0 bridgehead atoms. The molecule has 0 fully saturated rings. The number of benzene rings is 2. The van der Waals surface area contributed by atoms with Crippen LogP contribution in [-0.2, 0) is 20.7 Å². The van der Waals surface area contributed by atoms with Crippen LogP contribution in [0.4, 0.5) is 5.69 Å². The minimum Gasteiger partial charge on any atom is -0.482 e. The van der Waals surface area contributed by atoms with Crippen LogP contribution >= 0.6 is 0 Å². The van der Waals surface area contributed by atoms with Crippen LogP contribution in [0.3, 0.4) is 0 Å². The van der Waals surface area contributed by atoms with Gasteiger partial charge < -0.3 is 19.4 Å². The lowest BCUT2D eigenvalue weighted by atomic mass is 10.1. The summed E-state index contributed by atoms with van der Waals surface area (Å²) in [7, 11) is 1.30. The van der Waals surface area contributed by atoms with Gasteiger partial charge in [0.15, 0.2) is 6.61 Å². The van der Waals surface area contributed by atoms with Gasteiger partial charge in [0, 0.05) is 29.8 Å². The van der Waals surface area contributed by atoms with Crippen LogP contribution in [0.15, 0.2) is 73.1 Å². The smallest absolute Gasteiger partial charge is 0.343 e. The van der Waals surface area contributed by atoms with Gasteiger partial charge in [-0.2, -0.15) is 0 Å². The molecular weight excluding hydrogens is 344 g/mol. The number of carbonyl (C=O) groups excluding carboxylic acids is 2. The van der Waals surface area contributed by atoms with E-state index in [0.717, 1.165) is 11.3 Å². The third-order valence-corrected chi connectivity index (χ3v) is 3.91. The minimum atomic E-state index is -0.465. The molecule has 1 aromatic heterocycles. The first-order valence-electron chi connectivity index (χ1n) is 8.46. The molecule has 6 heteroatoms. The van der Waals surface area contributed by atoms with Crippen molar-refractivity contribution in [2.24, 2.45) is 0 Å². The highest BCUT2D eigenvalue weighted by Crippen LogP contribution is 2.18. The SMILES string of the molecule is COC(=O)COc1cccc(NC(=O)Cc2ccc(-n3cccc3)cc2)c1. The van der Waals surface area contributed by atoms with Crippen molar-refractivity contribution in [2.45, 2.75) is 6.42 Å². The molecule has 0 radical (unpaired) electrons. The molecule has 27 heavy (non-hydrogen) atoms. The third kappa shape index (κ3) is 5.22. The van der Waals surface area contributed by atoms with E-state index in [2.05, 4.69) is 10.1 Å². The highest BCUT2D eigenvalue weighted by atomic mass is 16.6. The molecule has 1 N–H and O–H groups in total. The van der Waals surface area contributed by atoms with Crippen molar-refractivity contribution >= 4 is 17.6 Å². The Hall–Kier alpha value is -3.54. The van der Waals surface area contributed by atoms with Crippen LogP contribution in [0, 0.1) is 0 Å². The molecule has 1 heterocycles. The average Bonchev–Trinajstić information content (AvgIpc) is 3.21. The molecule has 0 saturated heterocycles. The summed E-state index contributed by atoms with van der Waals surface area (Å²) in [5, 5.41) is 2.83. The number of hydrogen-bond donors (Lipinski definition) is 1. The number of aromatic nitrogens is 1. The number of nitrogens with one attached hydrogen (secondary N) is 1. The van der Waals surface area contributed by atoms with Crippen molar-refractivity contribution in [3.05, 3.63) is 78.6 Å². The van der Waals surface area contributed by atoms with Gasteiger partial charge >= 0.3 is 5.97 Å².